The van der Waals surface area contributed by atoms with E-state index in [9.17, 15) is 4.79 Å². The van der Waals surface area contributed by atoms with Crippen molar-refractivity contribution in [3.05, 3.63) is 17.0 Å². The van der Waals surface area contributed by atoms with E-state index in [2.05, 4.69) is 14.7 Å². The van der Waals surface area contributed by atoms with Gasteiger partial charge in [-0.1, -0.05) is 11.8 Å². The Morgan fingerprint density at radius 1 is 1.35 bits per heavy atom. The van der Waals surface area contributed by atoms with Crippen molar-refractivity contribution >= 4 is 17.7 Å². The molecule has 0 saturated carbocycles. The summed E-state index contributed by atoms with van der Waals surface area (Å²) in [5, 5.41) is 0.688. The minimum absolute atomic E-state index is 0.242. The van der Waals surface area contributed by atoms with Crippen LogP contribution >= 0.6 is 11.8 Å². The molecule has 92 valence electrons. The van der Waals surface area contributed by atoms with Crippen LogP contribution in [0.25, 0.3) is 0 Å². The molecule has 1 aliphatic carbocycles. The maximum Gasteiger partial charge on any atom is 0.316 e. The Labute approximate surface area is 105 Å². The molecule has 1 heterocycles. The molecule has 0 amide bonds. The van der Waals surface area contributed by atoms with Crippen LogP contribution in [-0.4, -0.2) is 28.8 Å². The van der Waals surface area contributed by atoms with E-state index in [0.717, 1.165) is 24.2 Å². The van der Waals surface area contributed by atoms with Gasteiger partial charge in [-0.05, 0) is 38.2 Å². The van der Waals surface area contributed by atoms with Gasteiger partial charge in [-0.2, -0.15) is 0 Å². The second-order valence-corrected chi connectivity index (χ2v) is 5.03. The van der Waals surface area contributed by atoms with Gasteiger partial charge in [0, 0.05) is 11.4 Å². The highest BCUT2D eigenvalue weighted by Gasteiger charge is 2.16. The van der Waals surface area contributed by atoms with Crippen molar-refractivity contribution in [2.45, 2.75) is 37.8 Å². The number of hydrogen-bond donors (Lipinski definition) is 0. The molecule has 0 spiro atoms. The molecule has 0 aliphatic heterocycles. The molecule has 1 aromatic heterocycles. The first kappa shape index (κ1) is 12.4. The molecule has 0 N–H and O–H groups in total. The molecule has 0 atom stereocenters. The topological polar surface area (TPSA) is 52.1 Å². The van der Waals surface area contributed by atoms with Crippen LogP contribution in [0.3, 0.4) is 0 Å². The Balaban J connectivity index is 2.13. The van der Waals surface area contributed by atoms with E-state index in [1.54, 1.807) is 0 Å². The number of ether oxygens (including phenoxy) is 1. The third kappa shape index (κ3) is 2.97. The molecule has 0 saturated heterocycles. The van der Waals surface area contributed by atoms with E-state index in [4.69, 9.17) is 0 Å². The summed E-state index contributed by atoms with van der Waals surface area (Å²) in [7, 11) is 1.39. The number of thioether (sulfide) groups is 1. The van der Waals surface area contributed by atoms with E-state index in [0.29, 0.717) is 5.16 Å². The van der Waals surface area contributed by atoms with E-state index >= 15 is 0 Å². The van der Waals surface area contributed by atoms with Gasteiger partial charge in [-0.15, -0.1) is 0 Å². The van der Waals surface area contributed by atoms with Crippen molar-refractivity contribution < 1.29 is 9.53 Å². The van der Waals surface area contributed by atoms with Crippen molar-refractivity contribution in [1.82, 2.24) is 9.97 Å². The summed E-state index contributed by atoms with van der Waals surface area (Å²) in [4.78, 5) is 20.0. The van der Waals surface area contributed by atoms with Crippen molar-refractivity contribution in [2.75, 3.05) is 12.9 Å². The van der Waals surface area contributed by atoms with Crippen LogP contribution in [0, 0.1) is 6.92 Å². The summed E-state index contributed by atoms with van der Waals surface area (Å²) in [6.07, 6.45) is 4.55. The Morgan fingerprint density at radius 2 is 2.12 bits per heavy atom. The summed E-state index contributed by atoms with van der Waals surface area (Å²) >= 11 is 1.34. The zero-order valence-electron chi connectivity index (χ0n) is 10.2. The third-order valence-electron chi connectivity index (χ3n) is 2.92. The summed E-state index contributed by atoms with van der Waals surface area (Å²) in [5.74, 6) is 0.0309. The fourth-order valence-electron chi connectivity index (χ4n) is 2.00. The van der Waals surface area contributed by atoms with Gasteiger partial charge < -0.3 is 4.74 Å². The molecule has 4 nitrogen and oxygen atoms in total. The van der Waals surface area contributed by atoms with E-state index in [-0.39, 0.29) is 11.7 Å². The fraction of sp³-hybridized carbons (Fsp3) is 0.583. The van der Waals surface area contributed by atoms with Crippen LogP contribution in [0.5, 0.6) is 0 Å². The minimum atomic E-state index is -0.242. The van der Waals surface area contributed by atoms with Gasteiger partial charge >= 0.3 is 5.97 Å². The van der Waals surface area contributed by atoms with Gasteiger partial charge in [0.05, 0.1) is 12.9 Å². The first-order chi connectivity index (χ1) is 8.20. The number of aryl methyl sites for hydroxylation is 2. The first-order valence-electron chi connectivity index (χ1n) is 5.76. The van der Waals surface area contributed by atoms with Crippen LogP contribution in [0.15, 0.2) is 5.16 Å². The molecule has 17 heavy (non-hydrogen) atoms. The minimum Gasteiger partial charge on any atom is -0.468 e. The standard InChI is InChI=1S/C12H16N2O2S/c1-8-9-5-3-4-6-10(9)14-12(13-8)17-7-11(15)16-2/h3-7H2,1-2H3. The number of fused-ring (bicyclic) bond motifs is 1. The van der Waals surface area contributed by atoms with Gasteiger partial charge in [-0.25, -0.2) is 9.97 Å². The van der Waals surface area contributed by atoms with Crippen molar-refractivity contribution in [2.24, 2.45) is 0 Å². The van der Waals surface area contributed by atoms with Crippen LogP contribution in [-0.2, 0) is 22.4 Å². The number of hydrogen-bond acceptors (Lipinski definition) is 5. The zero-order valence-corrected chi connectivity index (χ0v) is 11.0. The Bertz CT molecular complexity index is 435. The summed E-state index contributed by atoms with van der Waals surface area (Å²) in [5.41, 5.74) is 3.52. The molecule has 0 fully saturated rings. The summed E-state index contributed by atoms with van der Waals surface area (Å²) in [6.45, 7) is 2.02. The number of carbonyl (C=O) groups excluding carboxylic acids is 1. The third-order valence-corrected chi connectivity index (χ3v) is 3.74. The fourth-order valence-corrected chi connectivity index (χ4v) is 2.74. The Hall–Kier alpha value is -1.10. The maximum absolute atomic E-state index is 11.1. The van der Waals surface area contributed by atoms with Gasteiger partial charge in [0.25, 0.3) is 0 Å². The smallest absolute Gasteiger partial charge is 0.316 e. The molecule has 0 radical (unpaired) electrons. The number of carbonyl (C=O) groups is 1. The maximum atomic E-state index is 11.1. The average Bonchev–Trinajstić information content (AvgIpc) is 2.36. The SMILES string of the molecule is COC(=O)CSc1nc(C)c2c(n1)CCCC2. The molecule has 1 aromatic rings. The summed E-state index contributed by atoms with van der Waals surface area (Å²) < 4.78 is 4.60. The van der Waals surface area contributed by atoms with E-state index in [1.165, 1.54) is 37.3 Å². The lowest BCUT2D eigenvalue weighted by Gasteiger charge is -2.17. The Kier molecular flexibility index (Phi) is 3.99. The predicted molar refractivity (Wildman–Crippen MR) is 66.2 cm³/mol. The van der Waals surface area contributed by atoms with Gasteiger partial charge in [-0.3, -0.25) is 4.79 Å². The number of rotatable bonds is 3. The molecule has 5 heteroatoms. The monoisotopic (exact) mass is 252 g/mol. The highest BCUT2D eigenvalue weighted by Crippen LogP contribution is 2.24. The molecule has 1 aliphatic rings. The molecule has 0 aromatic carbocycles. The lowest BCUT2D eigenvalue weighted by atomic mass is 9.95. The van der Waals surface area contributed by atoms with Gasteiger partial charge in [0.15, 0.2) is 5.16 Å². The highest BCUT2D eigenvalue weighted by molar-refractivity contribution is 7.99. The number of methoxy groups -OCH3 is 1. The lowest BCUT2D eigenvalue weighted by molar-refractivity contribution is -0.137. The molecular formula is C12H16N2O2S. The predicted octanol–water partition coefficient (Wildman–Crippen LogP) is 1.93. The van der Waals surface area contributed by atoms with Crippen molar-refractivity contribution in [3.8, 4) is 0 Å². The van der Waals surface area contributed by atoms with E-state index < -0.39 is 0 Å². The quantitative estimate of drug-likeness (QED) is 0.467. The number of esters is 1. The van der Waals surface area contributed by atoms with Crippen LogP contribution in [0.2, 0.25) is 0 Å². The lowest BCUT2D eigenvalue weighted by Crippen LogP contribution is -2.11. The van der Waals surface area contributed by atoms with Crippen molar-refractivity contribution in [1.29, 1.82) is 0 Å². The molecule has 2 rings (SSSR count). The second-order valence-electron chi connectivity index (χ2n) is 4.09. The van der Waals surface area contributed by atoms with Crippen LogP contribution in [0.4, 0.5) is 0 Å². The van der Waals surface area contributed by atoms with Crippen LogP contribution < -0.4 is 0 Å². The van der Waals surface area contributed by atoms with Gasteiger partial charge in [0.2, 0.25) is 0 Å². The molecular weight excluding hydrogens is 236 g/mol. The number of aromatic nitrogens is 2. The van der Waals surface area contributed by atoms with Gasteiger partial charge in [0.1, 0.15) is 0 Å². The van der Waals surface area contributed by atoms with Crippen molar-refractivity contribution in [3.63, 3.8) is 0 Å². The highest BCUT2D eigenvalue weighted by atomic mass is 32.2. The number of nitrogens with zero attached hydrogens (tertiary/aromatic N) is 2. The largest absolute Gasteiger partial charge is 0.468 e. The van der Waals surface area contributed by atoms with Crippen LogP contribution in [0.1, 0.15) is 29.8 Å². The average molecular weight is 252 g/mol. The Morgan fingerprint density at radius 3 is 2.88 bits per heavy atom. The molecule has 0 unspecified atom stereocenters. The normalized spacial score (nSPS) is 14.2. The zero-order chi connectivity index (χ0) is 12.3. The summed E-state index contributed by atoms with van der Waals surface area (Å²) in [6, 6.07) is 0. The molecule has 0 bridgehead atoms. The first-order valence-corrected chi connectivity index (χ1v) is 6.75. The van der Waals surface area contributed by atoms with E-state index in [1.807, 2.05) is 6.92 Å². The second kappa shape index (κ2) is 5.49.